The third kappa shape index (κ3) is 4.10. The monoisotopic (exact) mass is 386 g/mol. The molecule has 0 amide bonds. The second-order valence-electron chi connectivity index (χ2n) is 4.36. The number of ether oxygens (including phenoxy) is 1. The minimum absolute atomic E-state index is 0.00752. The number of hydrogen-bond acceptors (Lipinski definition) is 6. The van der Waals surface area contributed by atoms with Crippen LogP contribution in [0, 0.1) is 0 Å². The van der Waals surface area contributed by atoms with Crippen LogP contribution in [0.25, 0.3) is 0 Å². The molecular formula is C9H12BrN2O8P. The van der Waals surface area contributed by atoms with Gasteiger partial charge >= 0.3 is 13.5 Å². The van der Waals surface area contributed by atoms with E-state index in [-0.39, 0.29) is 10.9 Å². The number of aliphatic hydroxyl groups excluding tert-OH is 1. The molecule has 2 rings (SSSR count). The second-order valence-corrected chi connectivity index (χ2v) is 6.46. The van der Waals surface area contributed by atoms with Crippen molar-refractivity contribution in [1.82, 2.24) is 9.55 Å². The maximum atomic E-state index is 11.7. The normalized spacial score (nSPS) is 26.2. The van der Waals surface area contributed by atoms with Crippen molar-refractivity contribution in [2.75, 3.05) is 6.61 Å². The van der Waals surface area contributed by atoms with Gasteiger partial charge in [0.25, 0.3) is 5.56 Å². The van der Waals surface area contributed by atoms with Gasteiger partial charge in [-0.3, -0.25) is 18.9 Å². The summed E-state index contributed by atoms with van der Waals surface area (Å²) < 4.78 is 21.4. The standard InChI is InChI=1S/C9H12BrN2O8P/c10-4-2-12(9(15)11-8(4)14)7-1-5(13)6(20-7)3-19-21(16,17)18/h2,5-7,13H,1,3H2,(H,11,14,15)(H2,16,17,18)/t5?,6-,7-/m0/s1. The molecule has 0 spiro atoms. The average Bonchev–Trinajstić information content (AvgIpc) is 2.72. The van der Waals surface area contributed by atoms with Gasteiger partial charge in [-0.1, -0.05) is 0 Å². The van der Waals surface area contributed by atoms with Gasteiger partial charge in [-0.05, 0) is 15.9 Å². The van der Waals surface area contributed by atoms with Gasteiger partial charge in [0.05, 0.1) is 17.2 Å². The molecule has 0 aliphatic carbocycles. The molecule has 3 atom stereocenters. The predicted octanol–water partition coefficient (Wildman–Crippen LogP) is -0.943. The van der Waals surface area contributed by atoms with E-state index in [0.717, 1.165) is 4.57 Å². The van der Waals surface area contributed by atoms with Gasteiger partial charge in [0.2, 0.25) is 0 Å². The van der Waals surface area contributed by atoms with Gasteiger partial charge < -0.3 is 19.6 Å². The number of halogens is 1. The van der Waals surface area contributed by atoms with Crippen molar-refractivity contribution in [2.24, 2.45) is 0 Å². The zero-order valence-electron chi connectivity index (χ0n) is 10.4. The Morgan fingerprint density at radius 3 is 2.81 bits per heavy atom. The SMILES string of the molecule is O=c1[nH]c(=O)n([C@@H]2CC(O)[C@H](COP(=O)(O)O)O2)cc1Br. The van der Waals surface area contributed by atoms with Gasteiger partial charge in [-0.25, -0.2) is 9.36 Å². The number of aromatic nitrogens is 2. The quantitative estimate of drug-likeness (QED) is 0.483. The van der Waals surface area contributed by atoms with Crippen LogP contribution in [-0.2, 0) is 13.8 Å². The van der Waals surface area contributed by atoms with E-state index in [1.807, 2.05) is 0 Å². The summed E-state index contributed by atoms with van der Waals surface area (Å²) in [5.41, 5.74) is -1.33. The molecule has 4 N–H and O–H groups in total. The lowest BCUT2D eigenvalue weighted by atomic mass is 10.2. The van der Waals surface area contributed by atoms with Crippen molar-refractivity contribution >= 4 is 23.8 Å². The fourth-order valence-corrected chi connectivity index (χ4v) is 2.54. The Bertz CT molecular complexity index is 681. The summed E-state index contributed by atoms with van der Waals surface area (Å²) in [7, 11) is -4.67. The number of phosphoric acid groups is 1. The Hall–Kier alpha value is -0.810. The minimum atomic E-state index is -4.67. The topological polar surface area (TPSA) is 151 Å². The van der Waals surface area contributed by atoms with Gasteiger partial charge in [-0.15, -0.1) is 0 Å². The lowest BCUT2D eigenvalue weighted by Gasteiger charge is -2.16. The third-order valence-electron chi connectivity index (χ3n) is 2.85. The Kier molecular flexibility index (Phi) is 4.83. The van der Waals surface area contributed by atoms with E-state index in [9.17, 15) is 19.3 Å². The van der Waals surface area contributed by atoms with E-state index in [0.29, 0.717) is 0 Å². The Labute approximate surface area is 125 Å². The summed E-state index contributed by atoms with van der Waals surface area (Å²) in [5, 5.41) is 9.78. The van der Waals surface area contributed by atoms with Gasteiger partial charge in [-0.2, -0.15) is 0 Å². The number of phosphoric ester groups is 1. The highest BCUT2D eigenvalue weighted by atomic mass is 79.9. The summed E-state index contributed by atoms with van der Waals surface area (Å²) in [6, 6.07) is 0. The zero-order chi connectivity index (χ0) is 15.8. The molecule has 1 saturated heterocycles. The number of nitrogens with zero attached hydrogens (tertiary/aromatic N) is 1. The summed E-state index contributed by atoms with van der Waals surface area (Å²) in [6.07, 6.45) is -1.73. The van der Waals surface area contributed by atoms with E-state index in [4.69, 9.17) is 14.5 Å². The van der Waals surface area contributed by atoms with Crippen LogP contribution in [0.4, 0.5) is 0 Å². The molecule has 0 saturated carbocycles. The van der Waals surface area contributed by atoms with Crippen LogP contribution >= 0.6 is 23.8 Å². The first-order valence-corrected chi connectivity index (χ1v) is 8.04. The highest BCUT2D eigenvalue weighted by Gasteiger charge is 2.37. The maximum Gasteiger partial charge on any atom is 0.469 e. The molecule has 12 heteroatoms. The number of hydrogen-bond donors (Lipinski definition) is 4. The predicted molar refractivity (Wildman–Crippen MR) is 71.6 cm³/mol. The van der Waals surface area contributed by atoms with E-state index in [1.54, 1.807) is 0 Å². The molecule has 118 valence electrons. The van der Waals surface area contributed by atoms with Gasteiger partial charge in [0.15, 0.2) is 0 Å². The van der Waals surface area contributed by atoms with Gasteiger partial charge in [0, 0.05) is 12.6 Å². The first-order chi connectivity index (χ1) is 9.67. The molecule has 10 nitrogen and oxygen atoms in total. The Morgan fingerprint density at radius 2 is 2.19 bits per heavy atom. The molecule has 1 aromatic heterocycles. The molecule has 1 fully saturated rings. The highest BCUT2D eigenvalue weighted by molar-refractivity contribution is 9.10. The summed E-state index contributed by atoms with van der Waals surface area (Å²) in [5.74, 6) is 0. The number of aliphatic hydroxyl groups is 1. The van der Waals surface area contributed by atoms with Crippen LogP contribution in [0.5, 0.6) is 0 Å². The molecule has 0 radical (unpaired) electrons. The third-order valence-corrected chi connectivity index (χ3v) is 3.90. The number of rotatable bonds is 4. The fraction of sp³-hybridized carbons (Fsp3) is 0.556. The van der Waals surface area contributed by atoms with Gasteiger partial charge in [0.1, 0.15) is 12.3 Å². The van der Waals surface area contributed by atoms with E-state index >= 15 is 0 Å². The highest BCUT2D eigenvalue weighted by Crippen LogP contribution is 2.38. The van der Waals surface area contributed by atoms with Crippen molar-refractivity contribution in [3.63, 3.8) is 0 Å². The maximum absolute atomic E-state index is 11.7. The zero-order valence-corrected chi connectivity index (χ0v) is 12.9. The number of nitrogens with one attached hydrogen (secondary N) is 1. The van der Waals surface area contributed by atoms with Crippen molar-refractivity contribution < 1.29 is 28.7 Å². The summed E-state index contributed by atoms with van der Waals surface area (Å²) in [4.78, 5) is 42.2. The molecule has 0 aromatic carbocycles. The first kappa shape index (κ1) is 16.6. The Balaban J connectivity index is 2.14. The molecule has 2 heterocycles. The molecule has 1 aliphatic heterocycles. The summed E-state index contributed by atoms with van der Waals surface area (Å²) in [6.45, 7) is -0.527. The van der Waals surface area contributed by atoms with Crippen LogP contribution in [0.1, 0.15) is 12.6 Å². The van der Waals surface area contributed by atoms with Crippen LogP contribution in [-0.4, -0.2) is 43.3 Å². The molecule has 1 aliphatic rings. The number of H-pyrrole nitrogens is 1. The average molecular weight is 387 g/mol. The van der Waals surface area contributed by atoms with Crippen molar-refractivity contribution in [3.05, 3.63) is 31.5 Å². The fourth-order valence-electron chi connectivity index (χ4n) is 1.88. The lowest BCUT2D eigenvalue weighted by molar-refractivity contribution is -0.0451. The van der Waals surface area contributed by atoms with Crippen molar-refractivity contribution in [2.45, 2.75) is 24.9 Å². The van der Waals surface area contributed by atoms with E-state index < -0.39 is 44.1 Å². The molecule has 21 heavy (non-hydrogen) atoms. The smallest absolute Gasteiger partial charge is 0.390 e. The molecule has 0 bridgehead atoms. The lowest BCUT2D eigenvalue weighted by Crippen LogP contribution is -2.32. The van der Waals surface area contributed by atoms with Crippen molar-refractivity contribution in [1.29, 1.82) is 0 Å². The van der Waals surface area contributed by atoms with Crippen LogP contribution in [0.2, 0.25) is 0 Å². The first-order valence-electron chi connectivity index (χ1n) is 5.72. The Morgan fingerprint density at radius 1 is 1.52 bits per heavy atom. The number of aromatic amines is 1. The van der Waals surface area contributed by atoms with E-state index in [2.05, 4.69) is 25.4 Å². The molecular weight excluding hydrogens is 375 g/mol. The largest absolute Gasteiger partial charge is 0.469 e. The summed E-state index contributed by atoms with van der Waals surface area (Å²) >= 11 is 2.97. The van der Waals surface area contributed by atoms with E-state index in [1.165, 1.54) is 6.20 Å². The second kappa shape index (κ2) is 6.13. The van der Waals surface area contributed by atoms with Crippen LogP contribution in [0.15, 0.2) is 20.3 Å². The molecule has 1 unspecified atom stereocenters. The molecule has 1 aromatic rings. The van der Waals surface area contributed by atoms with Crippen LogP contribution in [0.3, 0.4) is 0 Å². The van der Waals surface area contributed by atoms with Crippen molar-refractivity contribution in [3.8, 4) is 0 Å². The van der Waals surface area contributed by atoms with Crippen LogP contribution < -0.4 is 11.2 Å². The minimum Gasteiger partial charge on any atom is -0.390 e.